The van der Waals surface area contributed by atoms with E-state index in [-0.39, 0.29) is 30.6 Å². The number of halogens is 2. The molecule has 1 aliphatic carbocycles. The number of fused-ring (bicyclic) bond motifs is 1. The molecule has 342 valence electrons. The second kappa shape index (κ2) is 25.7. The molecule has 62 heavy (non-hydrogen) atoms. The first kappa shape index (κ1) is 49.5. The van der Waals surface area contributed by atoms with Crippen LogP contribution in [-0.2, 0) is 49.2 Å². The van der Waals surface area contributed by atoms with Crippen molar-refractivity contribution in [3.05, 3.63) is 69.0 Å². The Morgan fingerprint density at radius 3 is 1.92 bits per heavy atom. The molecule has 5 rings (SSSR count). The van der Waals surface area contributed by atoms with E-state index in [0.717, 1.165) is 23.5 Å². The summed E-state index contributed by atoms with van der Waals surface area (Å²) < 4.78 is 44.5. The number of likely N-dealkylation sites (N-methyl/N-ethyl adjacent to an activating group) is 1. The van der Waals surface area contributed by atoms with Crippen LogP contribution in [0, 0.1) is 0 Å². The first-order valence-corrected chi connectivity index (χ1v) is 22.9. The van der Waals surface area contributed by atoms with E-state index in [1.165, 1.54) is 24.2 Å². The number of anilines is 2. The summed E-state index contributed by atoms with van der Waals surface area (Å²) in [6.45, 7) is 12.3. The molecule has 1 fully saturated rings. The van der Waals surface area contributed by atoms with Crippen LogP contribution in [0.4, 0.5) is 11.4 Å². The Morgan fingerprint density at radius 1 is 0.742 bits per heavy atom. The number of ether oxygens (including phenoxy) is 8. The molecule has 0 radical (unpaired) electrons. The molecule has 3 aromatic rings. The maximum absolute atomic E-state index is 13.9. The van der Waals surface area contributed by atoms with Gasteiger partial charge < -0.3 is 52.6 Å². The minimum Gasteiger partial charge on any atom is -0.460 e. The summed E-state index contributed by atoms with van der Waals surface area (Å²) in [5.41, 5.74) is 2.69. The van der Waals surface area contributed by atoms with Crippen molar-refractivity contribution in [2.45, 2.75) is 64.5 Å². The number of hydrogen-bond acceptors (Lipinski definition) is 13. The Labute approximate surface area is 379 Å². The number of hydrogen-bond donors (Lipinski definition) is 0. The molecular weight excluding hydrogens is 861 g/mol. The van der Waals surface area contributed by atoms with Gasteiger partial charge in [0, 0.05) is 50.2 Å². The molecule has 0 spiro atoms. The highest BCUT2D eigenvalue weighted by molar-refractivity contribution is 7.12. The molecule has 1 aromatic heterocycles. The van der Waals surface area contributed by atoms with E-state index in [1.807, 2.05) is 49.3 Å². The fourth-order valence-corrected chi connectivity index (χ4v) is 7.71. The normalized spacial score (nSPS) is 13.9. The molecular formula is C45H61Cl2N3O11S. The van der Waals surface area contributed by atoms with Crippen LogP contribution < -0.4 is 14.5 Å². The first-order valence-electron chi connectivity index (χ1n) is 21.2. The van der Waals surface area contributed by atoms with Crippen molar-refractivity contribution >= 4 is 63.7 Å². The number of thiophene rings is 1. The minimum atomic E-state index is -0.491. The fourth-order valence-electron chi connectivity index (χ4n) is 6.49. The quantitative estimate of drug-likeness (QED) is 0.0522. The van der Waals surface area contributed by atoms with Gasteiger partial charge in [-0.3, -0.25) is 14.4 Å². The first-order chi connectivity index (χ1) is 29.9. The third-order valence-electron chi connectivity index (χ3n) is 9.78. The van der Waals surface area contributed by atoms with Crippen molar-refractivity contribution < 1.29 is 52.3 Å². The van der Waals surface area contributed by atoms with E-state index >= 15 is 0 Å². The van der Waals surface area contributed by atoms with Crippen LogP contribution in [-0.4, -0.2) is 140 Å². The zero-order valence-electron chi connectivity index (χ0n) is 36.3. The predicted octanol–water partition coefficient (Wildman–Crippen LogP) is 7.70. The molecule has 0 unspecified atom stereocenters. The largest absolute Gasteiger partial charge is 0.460 e. The fraction of sp³-hybridized carbons (Fsp3) is 0.578. The van der Waals surface area contributed by atoms with Crippen LogP contribution in [0.3, 0.4) is 0 Å². The van der Waals surface area contributed by atoms with E-state index in [9.17, 15) is 14.4 Å². The van der Waals surface area contributed by atoms with Gasteiger partial charge in [-0.1, -0.05) is 35.3 Å². The zero-order valence-corrected chi connectivity index (χ0v) is 38.7. The summed E-state index contributed by atoms with van der Waals surface area (Å²) in [7, 11) is 1.74. The molecule has 2 amide bonds. The van der Waals surface area contributed by atoms with E-state index in [1.54, 1.807) is 30.1 Å². The van der Waals surface area contributed by atoms with Gasteiger partial charge >= 0.3 is 5.97 Å². The van der Waals surface area contributed by atoms with Crippen LogP contribution in [0.25, 0.3) is 0 Å². The second-order valence-corrected chi connectivity index (χ2v) is 17.5. The van der Waals surface area contributed by atoms with E-state index in [4.69, 9.17) is 61.1 Å². The maximum Gasteiger partial charge on any atom is 0.308 e. The van der Waals surface area contributed by atoms with Crippen LogP contribution in [0.5, 0.6) is 10.8 Å². The van der Waals surface area contributed by atoms with Crippen molar-refractivity contribution in [3.8, 4) is 10.8 Å². The predicted molar refractivity (Wildman–Crippen MR) is 241 cm³/mol. The molecule has 1 saturated carbocycles. The van der Waals surface area contributed by atoms with Crippen molar-refractivity contribution in [1.82, 2.24) is 4.90 Å². The van der Waals surface area contributed by atoms with Crippen LogP contribution in [0.1, 0.15) is 62.4 Å². The number of aryl methyl sites for hydroxylation is 1. The third kappa shape index (κ3) is 16.6. The lowest BCUT2D eigenvalue weighted by Gasteiger charge is -2.38. The highest BCUT2D eigenvalue weighted by atomic mass is 35.5. The van der Waals surface area contributed by atoms with E-state index in [2.05, 4.69) is 11.0 Å². The van der Waals surface area contributed by atoms with Gasteiger partial charge in [0.2, 0.25) is 5.91 Å². The van der Waals surface area contributed by atoms with Gasteiger partial charge in [0.25, 0.3) is 5.91 Å². The average Bonchev–Trinajstić information content (AvgIpc) is 3.99. The standard InChI is InChI=1S/C45H61Cl2N3O11S/c1-45(2,3)61-42(52)13-18-54-20-22-56-24-26-58-28-29-59-27-25-57-23-21-55-19-17-48(4)41(51)12-9-33-31-37(47)40(32-36(33)46)60-44-35(14-30-62-44)43(53)50-16-15-49(34-10-11-34)38-7-5-6-8-39(38)50/h5-8,14,30-32,34H,9-13,15-29H2,1-4H3. The summed E-state index contributed by atoms with van der Waals surface area (Å²) in [6, 6.07) is 13.7. The number of carbonyl (C=O) groups is 3. The highest BCUT2D eigenvalue weighted by Gasteiger charge is 2.36. The zero-order chi connectivity index (χ0) is 44.3. The van der Waals surface area contributed by atoms with Gasteiger partial charge in [0.1, 0.15) is 11.4 Å². The maximum atomic E-state index is 13.9. The summed E-state index contributed by atoms with van der Waals surface area (Å²) in [6.07, 6.45) is 3.22. The number of benzene rings is 2. The lowest BCUT2D eigenvalue weighted by atomic mass is 10.1. The summed E-state index contributed by atoms with van der Waals surface area (Å²) >= 11 is 14.7. The number of nitrogens with zero attached hydrogens (tertiary/aromatic N) is 3. The molecule has 0 atom stereocenters. The minimum absolute atomic E-state index is 0.0503. The molecule has 0 bridgehead atoms. The number of para-hydroxylation sites is 2. The smallest absolute Gasteiger partial charge is 0.308 e. The molecule has 0 N–H and O–H groups in total. The van der Waals surface area contributed by atoms with Gasteiger partial charge in [-0.2, -0.15) is 0 Å². The van der Waals surface area contributed by atoms with Crippen molar-refractivity contribution in [1.29, 1.82) is 0 Å². The topological polar surface area (TPSA) is 135 Å². The van der Waals surface area contributed by atoms with Crippen LogP contribution >= 0.6 is 34.5 Å². The van der Waals surface area contributed by atoms with Gasteiger partial charge in [-0.25, -0.2) is 0 Å². The van der Waals surface area contributed by atoms with Gasteiger partial charge in [0.15, 0.2) is 5.06 Å². The Morgan fingerprint density at radius 2 is 1.32 bits per heavy atom. The average molecular weight is 923 g/mol. The Kier molecular flexibility index (Phi) is 20.5. The molecule has 2 heterocycles. The lowest BCUT2D eigenvalue weighted by molar-refractivity contribution is -0.156. The Hall–Kier alpha value is -3.51. The van der Waals surface area contributed by atoms with E-state index in [0.29, 0.717) is 131 Å². The van der Waals surface area contributed by atoms with Gasteiger partial charge in [-0.15, -0.1) is 11.3 Å². The molecule has 17 heteroatoms. The number of carbonyl (C=O) groups excluding carboxylic acids is 3. The summed E-state index contributed by atoms with van der Waals surface area (Å²) in [5, 5.41) is 3.03. The molecule has 2 aliphatic rings. The monoisotopic (exact) mass is 921 g/mol. The van der Waals surface area contributed by atoms with Crippen molar-refractivity contribution in [2.24, 2.45) is 0 Å². The van der Waals surface area contributed by atoms with Crippen LogP contribution in [0.15, 0.2) is 47.8 Å². The molecule has 1 aliphatic heterocycles. The third-order valence-corrected chi connectivity index (χ3v) is 11.2. The lowest BCUT2D eigenvalue weighted by Crippen LogP contribution is -2.45. The SMILES string of the molecule is CN(CCOCCOCCOCCOCCOCCOCCC(=O)OC(C)(C)C)C(=O)CCc1cc(Cl)c(Oc2sccc2C(=O)N2CCN(C3CC3)c3ccccc32)cc1Cl. The Bertz CT molecular complexity index is 1870. The van der Waals surface area contributed by atoms with Gasteiger partial charge in [0.05, 0.1) is 108 Å². The number of amides is 2. The molecule has 0 saturated heterocycles. The summed E-state index contributed by atoms with van der Waals surface area (Å²) in [5.74, 6) is -0.115. The van der Waals surface area contributed by atoms with Gasteiger partial charge in [-0.05, 0) is 75.2 Å². The number of esters is 1. The van der Waals surface area contributed by atoms with Crippen molar-refractivity contribution in [2.75, 3.05) is 116 Å². The second-order valence-electron chi connectivity index (χ2n) is 15.8. The number of rotatable bonds is 28. The van der Waals surface area contributed by atoms with E-state index < -0.39 is 5.60 Å². The summed E-state index contributed by atoms with van der Waals surface area (Å²) in [4.78, 5) is 44.3. The van der Waals surface area contributed by atoms with Crippen LogP contribution in [0.2, 0.25) is 10.0 Å². The van der Waals surface area contributed by atoms with Crippen molar-refractivity contribution in [3.63, 3.8) is 0 Å². The molecule has 14 nitrogen and oxygen atoms in total. The highest BCUT2D eigenvalue weighted by Crippen LogP contribution is 2.42. The molecule has 2 aromatic carbocycles. The Balaban J connectivity index is 0.874.